The molecule has 0 radical (unpaired) electrons. The van der Waals surface area contributed by atoms with Gasteiger partial charge in [-0.25, -0.2) is 9.18 Å². The first-order chi connectivity index (χ1) is 6.09. The number of carbonyl (C=O) groups is 1. The quantitative estimate of drug-likeness (QED) is 0.526. The largest absolute Gasteiger partial charge is 0.422 e. The second-order valence-electron chi connectivity index (χ2n) is 2.18. The molecule has 0 fully saturated rings. The van der Waals surface area contributed by atoms with Crippen LogP contribution in [0, 0.1) is 5.82 Å². The number of rotatable bonds is 2. The first-order valence-electron chi connectivity index (χ1n) is 3.35. The molecule has 5 heteroatoms. The van der Waals surface area contributed by atoms with Crippen molar-refractivity contribution < 1.29 is 22.7 Å². The molecule has 0 saturated carbocycles. The highest BCUT2D eigenvalue weighted by Gasteiger charge is 2.17. The Morgan fingerprint density at radius 3 is 2.62 bits per heavy atom. The van der Waals surface area contributed by atoms with Gasteiger partial charge in [0.2, 0.25) is 0 Å². The Kier molecular flexibility index (Phi) is 2.89. The lowest BCUT2D eigenvalue weighted by atomic mass is 10.3. The van der Waals surface area contributed by atoms with E-state index in [-0.39, 0.29) is 5.75 Å². The van der Waals surface area contributed by atoms with Gasteiger partial charge in [-0.05, 0) is 12.1 Å². The highest BCUT2D eigenvalue weighted by atomic mass is 19.3. The minimum absolute atomic E-state index is 0.231. The molecule has 0 aliphatic heterocycles. The minimum atomic E-state index is -3.21. The van der Waals surface area contributed by atoms with Crippen LogP contribution in [-0.2, 0) is 4.79 Å². The van der Waals surface area contributed by atoms with Crippen LogP contribution in [0.2, 0.25) is 0 Å². The van der Waals surface area contributed by atoms with Crippen LogP contribution in [0.3, 0.4) is 0 Å². The van der Waals surface area contributed by atoms with Gasteiger partial charge in [-0.3, -0.25) is 0 Å². The Morgan fingerprint density at radius 2 is 2.08 bits per heavy atom. The number of alkyl halides is 2. The predicted molar refractivity (Wildman–Crippen MR) is 38.0 cm³/mol. The van der Waals surface area contributed by atoms with Gasteiger partial charge in [0.15, 0.2) is 0 Å². The van der Waals surface area contributed by atoms with Crippen LogP contribution in [0.4, 0.5) is 13.2 Å². The molecule has 1 rings (SSSR count). The maximum atomic E-state index is 12.4. The Hall–Kier alpha value is -1.52. The Morgan fingerprint density at radius 1 is 1.38 bits per heavy atom. The van der Waals surface area contributed by atoms with Crippen LogP contribution in [0.25, 0.3) is 0 Å². The van der Waals surface area contributed by atoms with Crippen molar-refractivity contribution >= 4 is 5.97 Å². The van der Waals surface area contributed by atoms with Crippen molar-refractivity contribution in [3.05, 3.63) is 30.1 Å². The smallest absolute Gasteiger partial charge is 0.379 e. The maximum Gasteiger partial charge on any atom is 0.379 e. The van der Waals surface area contributed by atoms with Crippen LogP contribution in [0.15, 0.2) is 24.3 Å². The Balaban J connectivity index is 2.69. The van der Waals surface area contributed by atoms with Gasteiger partial charge in [0.05, 0.1) is 0 Å². The van der Waals surface area contributed by atoms with Crippen molar-refractivity contribution in [1.29, 1.82) is 0 Å². The summed E-state index contributed by atoms with van der Waals surface area (Å²) in [7, 11) is 0. The zero-order valence-corrected chi connectivity index (χ0v) is 6.34. The van der Waals surface area contributed by atoms with E-state index < -0.39 is 18.2 Å². The van der Waals surface area contributed by atoms with Gasteiger partial charge in [0.1, 0.15) is 11.6 Å². The van der Waals surface area contributed by atoms with Gasteiger partial charge >= 0.3 is 12.4 Å². The third kappa shape index (κ3) is 2.77. The lowest BCUT2D eigenvalue weighted by molar-refractivity contribution is -0.146. The van der Waals surface area contributed by atoms with Gasteiger partial charge in [0.25, 0.3) is 0 Å². The number of carbonyl (C=O) groups excluding carboxylic acids is 1. The van der Waals surface area contributed by atoms with E-state index in [9.17, 15) is 18.0 Å². The third-order valence-electron chi connectivity index (χ3n) is 1.19. The molecule has 0 unspecified atom stereocenters. The normalized spacial score (nSPS) is 10.2. The summed E-state index contributed by atoms with van der Waals surface area (Å²) in [6.07, 6.45) is -3.21. The molecular formula is C8H5F3O2. The van der Waals surface area contributed by atoms with E-state index >= 15 is 0 Å². The molecule has 70 valence electrons. The highest BCUT2D eigenvalue weighted by molar-refractivity contribution is 5.75. The average Bonchev–Trinajstić information content (AvgIpc) is 2.04. The van der Waals surface area contributed by atoms with Crippen molar-refractivity contribution in [1.82, 2.24) is 0 Å². The number of halogens is 3. The summed E-state index contributed by atoms with van der Waals surface area (Å²) >= 11 is 0. The summed E-state index contributed by atoms with van der Waals surface area (Å²) in [5, 5.41) is 0. The zero-order chi connectivity index (χ0) is 9.84. The summed E-state index contributed by atoms with van der Waals surface area (Å²) in [4.78, 5) is 10.3. The number of hydrogen-bond acceptors (Lipinski definition) is 2. The summed E-state index contributed by atoms with van der Waals surface area (Å²) in [5.74, 6) is -2.57. The molecule has 0 amide bonds. The molecule has 13 heavy (non-hydrogen) atoms. The molecule has 0 spiro atoms. The minimum Gasteiger partial charge on any atom is -0.422 e. The van der Waals surface area contributed by atoms with E-state index in [4.69, 9.17) is 0 Å². The molecule has 0 atom stereocenters. The molecule has 0 aliphatic carbocycles. The van der Waals surface area contributed by atoms with Crippen LogP contribution < -0.4 is 4.74 Å². The first kappa shape index (κ1) is 9.57. The van der Waals surface area contributed by atoms with Gasteiger partial charge in [-0.1, -0.05) is 6.07 Å². The Bertz CT molecular complexity index is 312. The van der Waals surface area contributed by atoms with E-state index in [1.165, 1.54) is 12.1 Å². The molecule has 0 aromatic heterocycles. The molecule has 0 bridgehead atoms. The molecule has 0 saturated heterocycles. The Labute approximate surface area is 71.9 Å². The van der Waals surface area contributed by atoms with E-state index in [2.05, 4.69) is 4.74 Å². The second kappa shape index (κ2) is 3.93. The number of hydrogen-bond donors (Lipinski definition) is 0. The van der Waals surface area contributed by atoms with Gasteiger partial charge in [0, 0.05) is 6.07 Å². The summed E-state index contributed by atoms with van der Waals surface area (Å²) in [6.45, 7) is 0. The topological polar surface area (TPSA) is 26.3 Å². The second-order valence-corrected chi connectivity index (χ2v) is 2.18. The zero-order valence-electron chi connectivity index (χ0n) is 6.34. The molecular weight excluding hydrogens is 185 g/mol. The fourth-order valence-corrected chi connectivity index (χ4v) is 0.691. The summed E-state index contributed by atoms with van der Waals surface area (Å²) < 4.78 is 39.9. The lowest BCUT2D eigenvalue weighted by Crippen LogP contribution is -2.17. The van der Waals surface area contributed by atoms with Crippen molar-refractivity contribution in [2.45, 2.75) is 6.43 Å². The fraction of sp³-hybridized carbons (Fsp3) is 0.125. The summed E-state index contributed by atoms with van der Waals surface area (Å²) in [5.41, 5.74) is 0. The standard InChI is InChI=1S/C8H5F3O2/c9-5-2-1-3-6(4-5)13-8(12)7(10)11/h1-4,7H. The van der Waals surface area contributed by atoms with Crippen LogP contribution in [-0.4, -0.2) is 12.4 Å². The maximum absolute atomic E-state index is 12.4. The van der Waals surface area contributed by atoms with Crippen molar-refractivity contribution in [2.24, 2.45) is 0 Å². The van der Waals surface area contributed by atoms with Crippen molar-refractivity contribution in [3.63, 3.8) is 0 Å². The molecule has 0 heterocycles. The SMILES string of the molecule is O=C(Oc1cccc(F)c1)C(F)F. The first-order valence-corrected chi connectivity index (χ1v) is 3.35. The van der Waals surface area contributed by atoms with Gasteiger partial charge in [-0.2, -0.15) is 8.78 Å². The predicted octanol–water partition coefficient (Wildman–Crippen LogP) is 2.00. The van der Waals surface area contributed by atoms with E-state index in [0.29, 0.717) is 0 Å². The molecule has 0 N–H and O–H groups in total. The number of benzene rings is 1. The van der Waals surface area contributed by atoms with Gasteiger partial charge in [-0.15, -0.1) is 0 Å². The molecule has 1 aromatic carbocycles. The van der Waals surface area contributed by atoms with Crippen LogP contribution in [0.1, 0.15) is 0 Å². The number of esters is 1. The average molecular weight is 190 g/mol. The molecule has 1 aromatic rings. The van der Waals surface area contributed by atoms with Crippen LogP contribution >= 0.6 is 0 Å². The monoisotopic (exact) mass is 190 g/mol. The molecule has 2 nitrogen and oxygen atoms in total. The van der Waals surface area contributed by atoms with E-state index in [1.54, 1.807) is 0 Å². The highest BCUT2D eigenvalue weighted by Crippen LogP contribution is 2.13. The van der Waals surface area contributed by atoms with Gasteiger partial charge < -0.3 is 4.74 Å². The van der Waals surface area contributed by atoms with Crippen LogP contribution in [0.5, 0.6) is 5.75 Å². The van der Waals surface area contributed by atoms with E-state index in [0.717, 1.165) is 12.1 Å². The fourth-order valence-electron chi connectivity index (χ4n) is 0.691. The third-order valence-corrected chi connectivity index (χ3v) is 1.19. The van der Waals surface area contributed by atoms with E-state index in [1.807, 2.05) is 0 Å². The molecule has 0 aliphatic rings. The van der Waals surface area contributed by atoms with Crippen molar-refractivity contribution in [2.75, 3.05) is 0 Å². The van der Waals surface area contributed by atoms with Crippen molar-refractivity contribution in [3.8, 4) is 5.75 Å². The summed E-state index contributed by atoms with van der Waals surface area (Å²) in [6, 6.07) is 4.42. The number of ether oxygens (including phenoxy) is 1. The lowest BCUT2D eigenvalue weighted by Gasteiger charge is -2.02.